The van der Waals surface area contributed by atoms with Crippen LogP contribution in [0.1, 0.15) is 16.8 Å². The second-order valence-corrected chi connectivity index (χ2v) is 8.00. The van der Waals surface area contributed by atoms with Crippen LogP contribution in [-0.4, -0.2) is 34.7 Å². The van der Waals surface area contributed by atoms with E-state index in [0.29, 0.717) is 17.9 Å². The Morgan fingerprint density at radius 3 is 2.50 bits per heavy atom. The standard InChI is InChI=1S/C25H23F3N4O2/c1-16-19(13-29-24(30-16)17-4-6-20(7-5-17)25(26,27)28)14-31(2)21-8-9-22-18(12-21)10-11-32(22)15-23(33)34-3/h4-13H,14-15H2,1-3H3. The predicted octanol–water partition coefficient (Wildman–Crippen LogP) is 5.23. The molecule has 4 rings (SSSR count). The minimum atomic E-state index is -4.38. The van der Waals surface area contributed by atoms with Crippen molar-refractivity contribution in [2.24, 2.45) is 0 Å². The number of benzene rings is 2. The lowest BCUT2D eigenvalue weighted by Gasteiger charge is -2.20. The number of carbonyl (C=O) groups is 1. The molecule has 0 bridgehead atoms. The van der Waals surface area contributed by atoms with Crippen LogP contribution in [0.4, 0.5) is 18.9 Å². The third kappa shape index (κ3) is 4.88. The first-order valence-electron chi connectivity index (χ1n) is 10.5. The summed E-state index contributed by atoms with van der Waals surface area (Å²) < 4.78 is 45.0. The van der Waals surface area contributed by atoms with Crippen LogP contribution in [0.25, 0.3) is 22.3 Å². The number of esters is 1. The fourth-order valence-corrected chi connectivity index (χ4v) is 3.71. The molecule has 0 atom stereocenters. The van der Waals surface area contributed by atoms with Gasteiger partial charge in [-0.2, -0.15) is 13.2 Å². The third-order valence-electron chi connectivity index (χ3n) is 5.68. The number of nitrogens with zero attached hydrogens (tertiary/aromatic N) is 4. The van der Waals surface area contributed by atoms with Gasteiger partial charge in [0.2, 0.25) is 0 Å². The van der Waals surface area contributed by atoms with Gasteiger partial charge in [0.05, 0.1) is 12.7 Å². The number of aromatic nitrogens is 3. The summed E-state index contributed by atoms with van der Waals surface area (Å²) in [6, 6.07) is 12.7. The largest absolute Gasteiger partial charge is 0.468 e. The van der Waals surface area contributed by atoms with Crippen molar-refractivity contribution >= 4 is 22.6 Å². The molecule has 0 aliphatic heterocycles. The number of carbonyl (C=O) groups excluding carboxylic acids is 1. The zero-order valence-corrected chi connectivity index (χ0v) is 18.9. The summed E-state index contributed by atoms with van der Waals surface area (Å²) in [6.45, 7) is 2.55. The maximum absolute atomic E-state index is 12.8. The third-order valence-corrected chi connectivity index (χ3v) is 5.68. The number of methoxy groups -OCH3 is 1. The molecular weight excluding hydrogens is 445 g/mol. The van der Waals surface area contributed by atoms with E-state index in [1.807, 2.05) is 49.0 Å². The molecule has 9 heteroatoms. The molecule has 6 nitrogen and oxygen atoms in total. The van der Waals surface area contributed by atoms with Crippen molar-refractivity contribution in [2.45, 2.75) is 26.2 Å². The number of anilines is 1. The molecule has 34 heavy (non-hydrogen) atoms. The van der Waals surface area contributed by atoms with Crippen LogP contribution < -0.4 is 4.90 Å². The molecule has 176 valence electrons. The van der Waals surface area contributed by atoms with Crippen molar-refractivity contribution < 1.29 is 22.7 Å². The number of hydrogen-bond donors (Lipinski definition) is 0. The normalized spacial score (nSPS) is 11.6. The van der Waals surface area contributed by atoms with Crippen LogP contribution in [-0.2, 0) is 28.8 Å². The number of ether oxygens (including phenoxy) is 1. The fraction of sp³-hybridized carbons (Fsp3) is 0.240. The molecule has 0 saturated heterocycles. The fourth-order valence-electron chi connectivity index (χ4n) is 3.71. The maximum Gasteiger partial charge on any atom is 0.416 e. The summed E-state index contributed by atoms with van der Waals surface area (Å²) in [5, 5.41) is 0.999. The summed E-state index contributed by atoms with van der Waals surface area (Å²) in [6.07, 6.45) is -0.822. The Morgan fingerprint density at radius 1 is 1.12 bits per heavy atom. The number of hydrogen-bond acceptors (Lipinski definition) is 5. The first-order chi connectivity index (χ1) is 16.2. The molecule has 4 aromatic rings. The SMILES string of the molecule is COC(=O)Cn1ccc2cc(N(C)Cc3cnc(-c4ccc(C(F)(F)F)cc4)nc3C)ccc21. The highest BCUT2D eigenvalue weighted by molar-refractivity contribution is 5.85. The quantitative estimate of drug-likeness (QED) is 0.363. The van der Waals surface area contributed by atoms with Gasteiger partial charge in [-0.25, -0.2) is 9.97 Å². The number of aryl methyl sites for hydroxylation is 1. The summed E-state index contributed by atoms with van der Waals surface area (Å²) in [5.74, 6) is 0.0694. The number of halogens is 3. The molecule has 0 N–H and O–H groups in total. The highest BCUT2D eigenvalue weighted by Gasteiger charge is 2.30. The van der Waals surface area contributed by atoms with Crippen LogP contribution in [0.5, 0.6) is 0 Å². The lowest BCUT2D eigenvalue weighted by atomic mass is 10.1. The van der Waals surface area contributed by atoms with Crippen molar-refractivity contribution in [3.05, 3.63) is 77.7 Å². The summed E-state index contributed by atoms with van der Waals surface area (Å²) in [7, 11) is 3.32. The monoisotopic (exact) mass is 468 g/mol. The van der Waals surface area contributed by atoms with Gasteiger partial charge >= 0.3 is 12.1 Å². The molecule has 0 aliphatic rings. The zero-order valence-electron chi connectivity index (χ0n) is 18.9. The molecule has 2 aromatic heterocycles. The highest BCUT2D eigenvalue weighted by Crippen LogP contribution is 2.30. The molecule has 2 heterocycles. The smallest absolute Gasteiger partial charge is 0.416 e. The van der Waals surface area contributed by atoms with Crippen molar-refractivity contribution in [2.75, 3.05) is 19.1 Å². The van der Waals surface area contributed by atoms with E-state index >= 15 is 0 Å². The summed E-state index contributed by atoms with van der Waals surface area (Å²) in [4.78, 5) is 22.5. The van der Waals surface area contributed by atoms with Crippen LogP contribution >= 0.6 is 0 Å². The molecule has 0 fully saturated rings. The Morgan fingerprint density at radius 2 is 1.85 bits per heavy atom. The Kier molecular flexibility index (Phi) is 6.28. The molecule has 0 unspecified atom stereocenters. The lowest BCUT2D eigenvalue weighted by molar-refractivity contribution is -0.141. The number of rotatable bonds is 6. The van der Waals surface area contributed by atoms with E-state index in [4.69, 9.17) is 4.74 Å². The van der Waals surface area contributed by atoms with Crippen molar-refractivity contribution in [3.63, 3.8) is 0 Å². The molecule has 0 saturated carbocycles. The lowest BCUT2D eigenvalue weighted by Crippen LogP contribution is -2.18. The molecule has 0 amide bonds. The Bertz CT molecular complexity index is 1330. The van der Waals surface area contributed by atoms with E-state index < -0.39 is 11.7 Å². The van der Waals surface area contributed by atoms with Crippen molar-refractivity contribution in [3.8, 4) is 11.4 Å². The Hall–Kier alpha value is -3.88. The van der Waals surface area contributed by atoms with Crippen LogP contribution in [0.3, 0.4) is 0 Å². The van der Waals surface area contributed by atoms with Crippen LogP contribution in [0.15, 0.2) is 60.9 Å². The summed E-state index contributed by atoms with van der Waals surface area (Å²) in [5.41, 5.74) is 3.39. The molecular formula is C25H23F3N4O2. The maximum atomic E-state index is 12.8. The van der Waals surface area contributed by atoms with Gasteiger partial charge < -0.3 is 14.2 Å². The van der Waals surface area contributed by atoms with E-state index in [1.54, 1.807) is 6.20 Å². The van der Waals surface area contributed by atoms with Gasteiger partial charge in [0.25, 0.3) is 0 Å². The van der Waals surface area contributed by atoms with E-state index in [1.165, 1.54) is 19.2 Å². The van der Waals surface area contributed by atoms with Gasteiger partial charge in [0.15, 0.2) is 5.82 Å². The average Bonchev–Trinajstić information content (AvgIpc) is 3.21. The van der Waals surface area contributed by atoms with Gasteiger partial charge in [-0.1, -0.05) is 12.1 Å². The highest BCUT2D eigenvalue weighted by atomic mass is 19.4. The number of alkyl halides is 3. The average molecular weight is 468 g/mol. The van der Waals surface area contributed by atoms with Gasteiger partial charge in [-0.05, 0) is 43.3 Å². The van der Waals surface area contributed by atoms with Gasteiger partial charge in [0, 0.05) is 59.4 Å². The van der Waals surface area contributed by atoms with Crippen LogP contribution in [0, 0.1) is 6.92 Å². The van der Waals surface area contributed by atoms with Gasteiger partial charge in [-0.15, -0.1) is 0 Å². The van der Waals surface area contributed by atoms with Crippen LogP contribution in [0.2, 0.25) is 0 Å². The van der Waals surface area contributed by atoms with Gasteiger partial charge in [0.1, 0.15) is 6.54 Å². The van der Waals surface area contributed by atoms with E-state index in [0.717, 1.165) is 40.0 Å². The second-order valence-electron chi connectivity index (χ2n) is 8.00. The first kappa shape index (κ1) is 23.3. The minimum absolute atomic E-state index is 0.150. The van der Waals surface area contributed by atoms with Gasteiger partial charge in [-0.3, -0.25) is 4.79 Å². The van der Waals surface area contributed by atoms with Crippen molar-refractivity contribution in [1.82, 2.24) is 14.5 Å². The van der Waals surface area contributed by atoms with E-state index in [9.17, 15) is 18.0 Å². The first-order valence-corrected chi connectivity index (χ1v) is 10.5. The molecule has 0 spiro atoms. The Balaban J connectivity index is 1.50. The summed E-state index contributed by atoms with van der Waals surface area (Å²) >= 11 is 0. The van der Waals surface area contributed by atoms with E-state index in [-0.39, 0.29) is 12.5 Å². The molecule has 0 aliphatic carbocycles. The second kappa shape index (κ2) is 9.17. The van der Waals surface area contributed by atoms with E-state index in [2.05, 4.69) is 14.9 Å². The minimum Gasteiger partial charge on any atom is -0.468 e. The van der Waals surface area contributed by atoms with Crippen molar-refractivity contribution in [1.29, 1.82) is 0 Å². The Labute approximate surface area is 194 Å². The topological polar surface area (TPSA) is 60.2 Å². The molecule has 2 aromatic carbocycles. The number of fused-ring (bicyclic) bond motifs is 1. The zero-order chi connectivity index (χ0) is 24.5. The molecule has 0 radical (unpaired) electrons. The predicted molar refractivity (Wildman–Crippen MR) is 123 cm³/mol.